The predicted molar refractivity (Wildman–Crippen MR) is 64.6 cm³/mol. The molecule has 1 aromatic rings. The highest BCUT2D eigenvalue weighted by molar-refractivity contribution is 7.89. The number of hydrogen-bond acceptors (Lipinski definition) is 4. The Morgan fingerprint density at radius 2 is 2.17 bits per heavy atom. The van der Waals surface area contributed by atoms with Crippen molar-refractivity contribution in [2.45, 2.75) is 31.2 Å². The van der Waals surface area contributed by atoms with Gasteiger partial charge in [0.25, 0.3) is 10.0 Å². The number of carbonyl (C=O) groups is 1. The van der Waals surface area contributed by atoms with E-state index < -0.39 is 16.0 Å². The van der Waals surface area contributed by atoms with Crippen LogP contribution >= 0.6 is 0 Å². The van der Waals surface area contributed by atoms with E-state index in [0.717, 1.165) is 0 Å². The molecule has 0 amide bonds. The summed E-state index contributed by atoms with van der Waals surface area (Å²) in [6.07, 6.45) is 2.41. The van der Waals surface area contributed by atoms with Crippen molar-refractivity contribution in [3.8, 4) is 0 Å². The largest absolute Gasteiger partial charge is 0.481 e. The Morgan fingerprint density at radius 1 is 1.50 bits per heavy atom. The molecule has 2 N–H and O–H groups in total. The van der Waals surface area contributed by atoms with E-state index >= 15 is 0 Å². The van der Waals surface area contributed by atoms with Gasteiger partial charge in [0, 0.05) is 26.2 Å². The molecule has 0 fully saturated rings. The van der Waals surface area contributed by atoms with Crippen molar-refractivity contribution >= 4 is 16.0 Å². The predicted octanol–water partition coefficient (Wildman–Crippen LogP) is 0.262. The molecule has 1 rings (SSSR count). The molecule has 0 bridgehead atoms. The van der Waals surface area contributed by atoms with E-state index in [0.29, 0.717) is 18.7 Å². The summed E-state index contributed by atoms with van der Waals surface area (Å²) in [7, 11) is -1.88. The summed E-state index contributed by atoms with van der Waals surface area (Å²) in [5.74, 6) is -0.264. The molecular weight excluding hydrogens is 258 g/mol. The molecule has 102 valence electrons. The zero-order valence-electron chi connectivity index (χ0n) is 10.4. The van der Waals surface area contributed by atoms with Gasteiger partial charge in [0.15, 0.2) is 5.03 Å². The number of aromatic nitrogens is 2. The maximum Gasteiger partial charge on any atom is 0.303 e. The monoisotopic (exact) mass is 275 g/mol. The van der Waals surface area contributed by atoms with Gasteiger partial charge in [-0.25, -0.2) is 18.1 Å². The van der Waals surface area contributed by atoms with Crippen LogP contribution in [0.5, 0.6) is 0 Å². The van der Waals surface area contributed by atoms with E-state index in [1.54, 1.807) is 18.5 Å². The molecule has 0 spiro atoms. The first-order chi connectivity index (χ1) is 8.33. The van der Waals surface area contributed by atoms with Gasteiger partial charge < -0.3 is 9.67 Å². The molecule has 0 radical (unpaired) electrons. The Labute approximate surface area is 106 Å². The lowest BCUT2D eigenvalue weighted by molar-refractivity contribution is -0.137. The van der Waals surface area contributed by atoms with Gasteiger partial charge in [-0.1, -0.05) is 0 Å². The van der Waals surface area contributed by atoms with E-state index in [4.69, 9.17) is 5.11 Å². The van der Waals surface area contributed by atoms with Crippen molar-refractivity contribution in [2.75, 3.05) is 6.54 Å². The summed E-state index contributed by atoms with van der Waals surface area (Å²) in [5.41, 5.74) is 0. The Hall–Kier alpha value is -1.41. The molecule has 0 saturated carbocycles. The van der Waals surface area contributed by atoms with Crippen LogP contribution in [0.1, 0.15) is 25.1 Å². The van der Waals surface area contributed by atoms with Crippen molar-refractivity contribution in [3.05, 3.63) is 12.0 Å². The number of nitrogens with zero attached hydrogens (tertiary/aromatic N) is 2. The standard InChI is InChI=1S/C10H17N3O4S/c1-8-12-9(7-13(8)2)18(16,17)11-6-4-3-5-10(14)15/h7,11H,3-6H2,1-2H3,(H,14,15). The highest BCUT2D eigenvalue weighted by Gasteiger charge is 2.17. The van der Waals surface area contributed by atoms with Crippen molar-refractivity contribution in [2.24, 2.45) is 7.05 Å². The van der Waals surface area contributed by atoms with Crippen LogP contribution in [-0.2, 0) is 21.9 Å². The lowest BCUT2D eigenvalue weighted by atomic mass is 10.2. The Balaban J connectivity index is 2.48. The second-order valence-electron chi connectivity index (χ2n) is 3.99. The van der Waals surface area contributed by atoms with Crippen LogP contribution in [0.2, 0.25) is 0 Å². The summed E-state index contributed by atoms with van der Waals surface area (Å²) < 4.78 is 27.6. The molecule has 18 heavy (non-hydrogen) atoms. The second kappa shape index (κ2) is 5.96. The number of carboxylic acid groups (broad SMARTS) is 1. The van der Waals surface area contributed by atoms with Crippen molar-refractivity contribution < 1.29 is 18.3 Å². The minimum atomic E-state index is -3.59. The fourth-order valence-corrected chi connectivity index (χ4v) is 2.45. The highest BCUT2D eigenvalue weighted by atomic mass is 32.2. The van der Waals surface area contributed by atoms with Crippen LogP contribution in [0.4, 0.5) is 0 Å². The summed E-state index contributed by atoms with van der Waals surface area (Å²) in [5, 5.41) is 8.42. The average molecular weight is 275 g/mol. The normalized spacial score (nSPS) is 11.7. The number of nitrogens with one attached hydrogen (secondary N) is 1. The van der Waals surface area contributed by atoms with Crippen LogP contribution in [0.3, 0.4) is 0 Å². The van der Waals surface area contributed by atoms with Crippen molar-refractivity contribution in [1.29, 1.82) is 0 Å². The molecule has 0 atom stereocenters. The molecular formula is C10H17N3O4S. The summed E-state index contributed by atoms with van der Waals surface area (Å²) >= 11 is 0. The molecule has 0 aliphatic rings. The Morgan fingerprint density at radius 3 is 2.67 bits per heavy atom. The Kier molecular flexibility index (Phi) is 4.85. The van der Waals surface area contributed by atoms with Crippen LogP contribution in [0.25, 0.3) is 0 Å². The maximum atomic E-state index is 11.8. The number of aryl methyl sites for hydroxylation is 2. The van der Waals surface area contributed by atoms with Gasteiger partial charge in [-0.15, -0.1) is 0 Å². The lowest BCUT2D eigenvalue weighted by Gasteiger charge is -2.03. The first-order valence-corrected chi connectivity index (χ1v) is 7.02. The number of carboxylic acids is 1. The lowest BCUT2D eigenvalue weighted by Crippen LogP contribution is -2.25. The zero-order chi connectivity index (χ0) is 13.8. The zero-order valence-corrected chi connectivity index (χ0v) is 11.2. The maximum absolute atomic E-state index is 11.8. The highest BCUT2D eigenvalue weighted by Crippen LogP contribution is 2.07. The van der Waals surface area contributed by atoms with E-state index in [2.05, 4.69) is 9.71 Å². The number of aliphatic carboxylic acids is 1. The Bertz CT molecular complexity index is 502. The first kappa shape index (κ1) is 14.7. The third kappa shape index (κ3) is 4.11. The molecule has 0 aliphatic heterocycles. The van der Waals surface area contributed by atoms with Gasteiger partial charge in [-0.3, -0.25) is 4.79 Å². The number of rotatable bonds is 7. The van der Waals surface area contributed by atoms with Gasteiger partial charge in [0.05, 0.1) is 0 Å². The fourth-order valence-electron chi connectivity index (χ4n) is 1.34. The van der Waals surface area contributed by atoms with E-state index in [9.17, 15) is 13.2 Å². The van der Waals surface area contributed by atoms with Crippen molar-refractivity contribution in [1.82, 2.24) is 14.3 Å². The van der Waals surface area contributed by atoms with Gasteiger partial charge in [-0.05, 0) is 19.8 Å². The van der Waals surface area contributed by atoms with Crippen LogP contribution in [0, 0.1) is 6.92 Å². The van der Waals surface area contributed by atoms with Gasteiger partial charge >= 0.3 is 5.97 Å². The summed E-state index contributed by atoms with van der Waals surface area (Å²) in [4.78, 5) is 14.2. The smallest absolute Gasteiger partial charge is 0.303 e. The SMILES string of the molecule is Cc1nc(S(=O)(=O)NCCCCC(=O)O)cn1C. The first-order valence-electron chi connectivity index (χ1n) is 5.54. The molecule has 1 heterocycles. The van der Waals surface area contributed by atoms with Gasteiger partial charge in [-0.2, -0.15) is 0 Å². The minimum absolute atomic E-state index is 0.0132. The number of imidazole rings is 1. The molecule has 0 unspecified atom stereocenters. The summed E-state index contributed by atoms with van der Waals surface area (Å²) in [6.45, 7) is 1.93. The van der Waals surface area contributed by atoms with E-state index in [-0.39, 0.29) is 18.0 Å². The van der Waals surface area contributed by atoms with E-state index in [1.807, 2.05) is 0 Å². The minimum Gasteiger partial charge on any atom is -0.481 e. The summed E-state index contributed by atoms with van der Waals surface area (Å²) in [6, 6.07) is 0. The molecule has 0 aromatic carbocycles. The van der Waals surface area contributed by atoms with Gasteiger partial charge in [0.2, 0.25) is 0 Å². The van der Waals surface area contributed by atoms with Crippen LogP contribution in [0.15, 0.2) is 11.2 Å². The molecule has 7 nitrogen and oxygen atoms in total. The third-order valence-electron chi connectivity index (χ3n) is 2.47. The molecule has 1 aromatic heterocycles. The van der Waals surface area contributed by atoms with Gasteiger partial charge in [0.1, 0.15) is 5.82 Å². The van der Waals surface area contributed by atoms with Crippen LogP contribution < -0.4 is 4.72 Å². The van der Waals surface area contributed by atoms with Crippen molar-refractivity contribution in [3.63, 3.8) is 0 Å². The topological polar surface area (TPSA) is 101 Å². The average Bonchev–Trinajstić information content (AvgIpc) is 2.59. The number of unbranched alkanes of at least 4 members (excludes halogenated alkanes) is 1. The number of sulfonamides is 1. The molecule has 0 aliphatic carbocycles. The quantitative estimate of drug-likeness (QED) is 0.695. The molecule has 0 saturated heterocycles. The van der Waals surface area contributed by atoms with E-state index in [1.165, 1.54) is 6.20 Å². The third-order valence-corrected chi connectivity index (χ3v) is 3.80. The number of hydrogen-bond donors (Lipinski definition) is 2. The van der Waals surface area contributed by atoms with Crippen LogP contribution in [-0.4, -0.2) is 35.6 Å². The molecule has 8 heteroatoms. The fraction of sp³-hybridized carbons (Fsp3) is 0.600. The second-order valence-corrected chi connectivity index (χ2v) is 5.70.